The third-order valence-electron chi connectivity index (χ3n) is 4.10. The first-order chi connectivity index (χ1) is 10.8. The number of rotatable bonds is 6. The summed E-state index contributed by atoms with van der Waals surface area (Å²) in [4.78, 5) is 4.23. The van der Waals surface area contributed by atoms with Gasteiger partial charge in [0, 0.05) is 13.0 Å². The Morgan fingerprint density at radius 2 is 2.05 bits per heavy atom. The summed E-state index contributed by atoms with van der Waals surface area (Å²) in [5.74, 6) is 1.32. The van der Waals surface area contributed by atoms with Crippen LogP contribution in [-0.4, -0.2) is 22.3 Å². The van der Waals surface area contributed by atoms with Gasteiger partial charge in [0.25, 0.3) is 0 Å². The van der Waals surface area contributed by atoms with Gasteiger partial charge in [0.15, 0.2) is 5.82 Å². The topological polar surface area (TPSA) is 60.2 Å². The lowest BCUT2D eigenvalue weighted by atomic mass is 9.92. The van der Waals surface area contributed by atoms with Crippen LogP contribution in [0.15, 0.2) is 34.9 Å². The van der Waals surface area contributed by atoms with Gasteiger partial charge in [0.1, 0.15) is 0 Å². The minimum atomic E-state index is 0.252. The van der Waals surface area contributed by atoms with Gasteiger partial charge in [-0.05, 0) is 18.4 Å². The van der Waals surface area contributed by atoms with Crippen LogP contribution >= 0.6 is 0 Å². The zero-order chi connectivity index (χ0) is 15.2. The van der Waals surface area contributed by atoms with E-state index in [1.807, 2.05) is 25.1 Å². The van der Waals surface area contributed by atoms with Crippen LogP contribution in [0.5, 0.6) is 0 Å². The fraction of sp³-hybridized carbons (Fsp3) is 0.529. The molecule has 0 amide bonds. The second-order valence-corrected chi connectivity index (χ2v) is 5.84. The summed E-state index contributed by atoms with van der Waals surface area (Å²) in [6, 6.07) is 10.7. The summed E-state index contributed by atoms with van der Waals surface area (Å²) in [6.07, 6.45) is 4.97. The van der Waals surface area contributed by atoms with Crippen molar-refractivity contribution < 1.29 is 9.26 Å². The molecule has 1 heterocycles. The Balaban J connectivity index is 1.52. The van der Waals surface area contributed by atoms with Crippen molar-refractivity contribution in [3.05, 3.63) is 47.6 Å². The molecule has 1 N–H and O–H groups in total. The molecule has 2 atom stereocenters. The molecular weight excluding hydrogens is 278 g/mol. The molecule has 0 bridgehead atoms. The lowest BCUT2D eigenvalue weighted by molar-refractivity contribution is -0.00613. The van der Waals surface area contributed by atoms with Crippen molar-refractivity contribution in [2.45, 2.75) is 57.9 Å². The van der Waals surface area contributed by atoms with E-state index in [4.69, 9.17) is 9.26 Å². The van der Waals surface area contributed by atoms with Gasteiger partial charge >= 0.3 is 0 Å². The van der Waals surface area contributed by atoms with Crippen LogP contribution in [0.3, 0.4) is 0 Å². The molecule has 0 radical (unpaired) electrons. The summed E-state index contributed by atoms with van der Waals surface area (Å²) in [5.41, 5.74) is 1.22. The summed E-state index contributed by atoms with van der Waals surface area (Å²) < 4.78 is 11.2. The van der Waals surface area contributed by atoms with E-state index in [0.717, 1.165) is 12.8 Å². The van der Waals surface area contributed by atoms with Crippen LogP contribution in [0.1, 0.15) is 43.0 Å². The van der Waals surface area contributed by atoms with Crippen molar-refractivity contribution >= 4 is 0 Å². The minimum absolute atomic E-state index is 0.252. The van der Waals surface area contributed by atoms with E-state index in [1.165, 1.54) is 18.4 Å². The van der Waals surface area contributed by atoms with Crippen molar-refractivity contribution in [3.63, 3.8) is 0 Å². The van der Waals surface area contributed by atoms with Crippen LogP contribution in [0.25, 0.3) is 0 Å². The van der Waals surface area contributed by atoms with Crippen LogP contribution < -0.4 is 5.32 Å². The quantitative estimate of drug-likeness (QED) is 0.888. The lowest BCUT2D eigenvalue weighted by Crippen LogP contribution is -2.43. The van der Waals surface area contributed by atoms with E-state index < -0.39 is 0 Å². The molecule has 3 rings (SSSR count). The van der Waals surface area contributed by atoms with Gasteiger partial charge < -0.3 is 14.6 Å². The fourth-order valence-corrected chi connectivity index (χ4v) is 2.94. The SMILES string of the molecule is Cc1nc(CN[C@@H]2CCCC[C@@H]2OCc2ccccc2)no1. The van der Waals surface area contributed by atoms with E-state index in [9.17, 15) is 0 Å². The number of aromatic nitrogens is 2. The van der Waals surface area contributed by atoms with Gasteiger partial charge in [-0.3, -0.25) is 0 Å². The number of aryl methyl sites for hydroxylation is 1. The highest BCUT2D eigenvalue weighted by molar-refractivity contribution is 5.13. The predicted molar refractivity (Wildman–Crippen MR) is 83.1 cm³/mol. The average Bonchev–Trinajstić information content (AvgIpc) is 2.98. The number of nitrogens with one attached hydrogen (secondary N) is 1. The van der Waals surface area contributed by atoms with E-state index in [0.29, 0.717) is 30.9 Å². The molecule has 1 fully saturated rings. The third-order valence-corrected chi connectivity index (χ3v) is 4.10. The summed E-state index contributed by atoms with van der Waals surface area (Å²) in [6.45, 7) is 3.11. The van der Waals surface area contributed by atoms with E-state index in [-0.39, 0.29) is 6.10 Å². The van der Waals surface area contributed by atoms with Crippen LogP contribution in [0.4, 0.5) is 0 Å². The summed E-state index contributed by atoms with van der Waals surface area (Å²) in [7, 11) is 0. The predicted octanol–water partition coefficient (Wildman–Crippen LogP) is 3.00. The first kappa shape index (κ1) is 15.2. The first-order valence-electron chi connectivity index (χ1n) is 7.99. The smallest absolute Gasteiger partial charge is 0.223 e. The molecule has 0 aliphatic heterocycles. The molecule has 1 aromatic carbocycles. The molecule has 1 aromatic heterocycles. The Morgan fingerprint density at radius 1 is 1.23 bits per heavy atom. The van der Waals surface area contributed by atoms with Crippen molar-refractivity contribution in [1.82, 2.24) is 15.5 Å². The normalized spacial score (nSPS) is 21.9. The number of ether oxygens (including phenoxy) is 1. The lowest BCUT2D eigenvalue weighted by Gasteiger charge is -2.32. The van der Waals surface area contributed by atoms with E-state index >= 15 is 0 Å². The number of benzene rings is 1. The van der Waals surface area contributed by atoms with Gasteiger partial charge in [-0.1, -0.05) is 48.3 Å². The second kappa shape index (κ2) is 7.51. The minimum Gasteiger partial charge on any atom is -0.372 e. The largest absolute Gasteiger partial charge is 0.372 e. The molecule has 1 saturated carbocycles. The highest BCUT2D eigenvalue weighted by atomic mass is 16.5. The van der Waals surface area contributed by atoms with Crippen LogP contribution in [0, 0.1) is 6.92 Å². The summed E-state index contributed by atoms with van der Waals surface area (Å²) in [5, 5.41) is 7.46. The Bertz CT molecular complexity index is 570. The van der Waals surface area contributed by atoms with Gasteiger partial charge in [0.2, 0.25) is 5.89 Å². The fourth-order valence-electron chi connectivity index (χ4n) is 2.94. The van der Waals surface area contributed by atoms with Crippen molar-refractivity contribution in [2.24, 2.45) is 0 Å². The maximum atomic E-state index is 6.15. The zero-order valence-electron chi connectivity index (χ0n) is 13.0. The van der Waals surface area contributed by atoms with E-state index in [2.05, 4.69) is 27.6 Å². The Hall–Kier alpha value is -1.72. The number of hydrogen-bond acceptors (Lipinski definition) is 5. The zero-order valence-corrected chi connectivity index (χ0v) is 13.0. The molecule has 0 saturated heterocycles. The Morgan fingerprint density at radius 3 is 2.82 bits per heavy atom. The number of hydrogen-bond donors (Lipinski definition) is 1. The highest BCUT2D eigenvalue weighted by Gasteiger charge is 2.25. The molecule has 0 unspecified atom stereocenters. The molecule has 0 spiro atoms. The van der Waals surface area contributed by atoms with Crippen LogP contribution in [0.2, 0.25) is 0 Å². The molecule has 1 aliphatic rings. The maximum absolute atomic E-state index is 6.15. The Labute approximate surface area is 131 Å². The second-order valence-electron chi connectivity index (χ2n) is 5.84. The standard InChI is InChI=1S/C17H23N3O2/c1-13-19-17(20-22-13)11-18-15-9-5-6-10-16(15)21-12-14-7-3-2-4-8-14/h2-4,7-8,15-16,18H,5-6,9-12H2,1H3/t15-,16+/m1/s1. The first-order valence-corrected chi connectivity index (χ1v) is 7.99. The number of nitrogens with zero attached hydrogens (tertiary/aromatic N) is 2. The monoisotopic (exact) mass is 301 g/mol. The Kier molecular flexibility index (Phi) is 5.19. The molecule has 1 aliphatic carbocycles. The van der Waals surface area contributed by atoms with Gasteiger partial charge in [-0.15, -0.1) is 0 Å². The third kappa shape index (κ3) is 4.15. The molecule has 2 aromatic rings. The van der Waals surface area contributed by atoms with Crippen molar-refractivity contribution in [2.75, 3.05) is 0 Å². The van der Waals surface area contributed by atoms with Gasteiger partial charge in [-0.25, -0.2) is 0 Å². The molecule has 118 valence electrons. The van der Waals surface area contributed by atoms with Gasteiger partial charge in [0.05, 0.1) is 19.3 Å². The van der Waals surface area contributed by atoms with E-state index in [1.54, 1.807) is 0 Å². The molecule has 5 heteroatoms. The summed E-state index contributed by atoms with van der Waals surface area (Å²) >= 11 is 0. The van der Waals surface area contributed by atoms with Crippen molar-refractivity contribution in [1.29, 1.82) is 0 Å². The maximum Gasteiger partial charge on any atom is 0.223 e. The molecule has 22 heavy (non-hydrogen) atoms. The highest BCUT2D eigenvalue weighted by Crippen LogP contribution is 2.22. The van der Waals surface area contributed by atoms with Crippen LogP contribution in [-0.2, 0) is 17.9 Å². The molecular formula is C17H23N3O2. The van der Waals surface area contributed by atoms with Crippen molar-refractivity contribution in [3.8, 4) is 0 Å². The molecule has 5 nitrogen and oxygen atoms in total. The van der Waals surface area contributed by atoms with Gasteiger partial charge in [-0.2, -0.15) is 4.98 Å². The average molecular weight is 301 g/mol.